The van der Waals surface area contributed by atoms with Gasteiger partial charge in [-0.2, -0.15) is 0 Å². The average Bonchev–Trinajstić information content (AvgIpc) is 2.91. The molecule has 0 N–H and O–H groups in total. The van der Waals surface area contributed by atoms with Crippen LogP contribution in [0.4, 0.5) is 0 Å². The second-order valence-electron chi connectivity index (χ2n) is 9.84. The van der Waals surface area contributed by atoms with Crippen LogP contribution in [0.2, 0.25) is 0 Å². The standard InChI is InChI=1S/C31H36NO3P/c1-5-25(4)29(24(2)3)30(33)36(34)32(22-15-23-35-36)31(26-16-9-6-10-17-26,27-18-11-7-12-19-27)28-20-13-8-14-21-28/h5-14,16-21,24-25,29H,1,15,22-23H2,2-4H3/t25-,29-,36-/m1/s1. The molecule has 1 heterocycles. The van der Waals surface area contributed by atoms with Crippen molar-refractivity contribution in [2.45, 2.75) is 32.7 Å². The van der Waals surface area contributed by atoms with Crippen LogP contribution in [0.3, 0.4) is 0 Å². The van der Waals surface area contributed by atoms with Gasteiger partial charge in [0.1, 0.15) is 5.54 Å². The normalized spacial score (nSPS) is 20.6. The summed E-state index contributed by atoms with van der Waals surface area (Å²) in [4.78, 5) is 14.3. The van der Waals surface area contributed by atoms with Crippen LogP contribution < -0.4 is 0 Å². The van der Waals surface area contributed by atoms with Gasteiger partial charge in [0.15, 0.2) is 0 Å². The Morgan fingerprint density at radius 3 is 1.72 bits per heavy atom. The Morgan fingerprint density at radius 2 is 1.33 bits per heavy atom. The fourth-order valence-electron chi connectivity index (χ4n) is 5.59. The van der Waals surface area contributed by atoms with Gasteiger partial charge in [-0.1, -0.05) is 118 Å². The molecule has 3 aromatic carbocycles. The van der Waals surface area contributed by atoms with E-state index in [9.17, 15) is 4.79 Å². The van der Waals surface area contributed by atoms with E-state index in [4.69, 9.17) is 4.52 Å². The summed E-state index contributed by atoms with van der Waals surface area (Å²) in [6.07, 6.45) is 2.46. The summed E-state index contributed by atoms with van der Waals surface area (Å²) in [5.41, 5.74) is 1.53. The molecule has 3 atom stereocenters. The quantitative estimate of drug-likeness (QED) is 0.173. The Balaban J connectivity index is 2.05. The van der Waals surface area contributed by atoms with Gasteiger partial charge in [0, 0.05) is 12.5 Å². The first-order valence-corrected chi connectivity index (χ1v) is 14.3. The van der Waals surface area contributed by atoms with Crippen molar-refractivity contribution < 1.29 is 13.9 Å². The maximum atomic E-state index is 15.1. The zero-order valence-corrected chi connectivity index (χ0v) is 22.3. The van der Waals surface area contributed by atoms with Crippen molar-refractivity contribution in [3.63, 3.8) is 0 Å². The molecule has 0 aliphatic carbocycles. The van der Waals surface area contributed by atoms with Crippen molar-refractivity contribution in [1.82, 2.24) is 4.67 Å². The summed E-state index contributed by atoms with van der Waals surface area (Å²) in [5.74, 6) is -0.604. The highest BCUT2D eigenvalue weighted by atomic mass is 31.2. The van der Waals surface area contributed by atoms with Gasteiger partial charge >= 0.3 is 7.52 Å². The minimum Gasteiger partial charge on any atom is -0.312 e. The molecule has 36 heavy (non-hydrogen) atoms. The Bertz CT molecular complexity index is 1110. The van der Waals surface area contributed by atoms with Crippen LogP contribution in [0.5, 0.6) is 0 Å². The van der Waals surface area contributed by atoms with Gasteiger partial charge in [-0.15, -0.1) is 6.58 Å². The molecule has 1 aliphatic rings. The molecule has 0 bridgehead atoms. The van der Waals surface area contributed by atoms with Crippen LogP contribution in [-0.4, -0.2) is 23.3 Å². The summed E-state index contributed by atoms with van der Waals surface area (Å²) in [6.45, 7) is 10.7. The molecule has 188 valence electrons. The molecule has 1 fully saturated rings. The molecule has 0 radical (unpaired) electrons. The first-order valence-electron chi connectivity index (χ1n) is 12.7. The highest BCUT2D eigenvalue weighted by molar-refractivity contribution is 7.74. The fraction of sp³-hybridized carbons (Fsp3) is 0.323. The molecule has 0 saturated carbocycles. The van der Waals surface area contributed by atoms with Gasteiger partial charge in [0.05, 0.1) is 6.61 Å². The van der Waals surface area contributed by atoms with E-state index in [1.807, 2.05) is 80.0 Å². The number of hydrogen-bond acceptors (Lipinski definition) is 3. The predicted molar refractivity (Wildman–Crippen MR) is 147 cm³/mol. The molecule has 3 aromatic rings. The minimum absolute atomic E-state index is 0.0109. The van der Waals surface area contributed by atoms with Crippen molar-refractivity contribution in [2.75, 3.05) is 13.2 Å². The van der Waals surface area contributed by atoms with E-state index < -0.39 is 19.0 Å². The lowest BCUT2D eigenvalue weighted by Gasteiger charge is -2.50. The highest BCUT2D eigenvalue weighted by Gasteiger charge is 2.56. The van der Waals surface area contributed by atoms with E-state index in [-0.39, 0.29) is 17.4 Å². The second-order valence-corrected chi connectivity index (χ2v) is 12.1. The topological polar surface area (TPSA) is 46.6 Å². The summed E-state index contributed by atoms with van der Waals surface area (Å²) < 4.78 is 23.1. The van der Waals surface area contributed by atoms with E-state index in [1.165, 1.54) is 0 Å². The largest absolute Gasteiger partial charge is 0.339 e. The van der Waals surface area contributed by atoms with Crippen molar-refractivity contribution in [2.24, 2.45) is 17.8 Å². The first kappa shape index (κ1) is 26.3. The van der Waals surface area contributed by atoms with Crippen molar-refractivity contribution in [1.29, 1.82) is 0 Å². The third-order valence-electron chi connectivity index (χ3n) is 7.28. The predicted octanol–water partition coefficient (Wildman–Crippen LogP) is 7.51. The van der Waals surface area contributed by atoms with Crippen LogP contribution >= 0.6 is 7.52 Å². The van der Waals surface area contributed by atoms with Gasteiger partial charge in [-0.3, -0.25) is 9.36 Å². The number of nitrogens with zero attached hydrogens (tertiary/aromatic N) is 1. The lowest BCUT2D eigenvalue weighted by atomic mass is 9.77. The van der Waals surface area contributed by atoms with Crippen LogP contribution in [0.25, 0.3) is 0 Å². The Kier molecular flexibility index (Phi) is 8.10. The molecule has 4 nitrogen and oxygen atoms in total. The third kappa shape index (κ3) is 4.54. The molecule has 4 rings (SSSR count). The van der Waals surface area contributed by atoms with Gasteiger partial charge in [-0.25, -0.2) is 4.67 Å². The van der Waals surface area contributed by atoms with Gasteiger partial charge < -0.3 is 4.52 Å². The zero-order valence-electron chi connectivity index (χ0n) is 21.4. The second kappa shape index (κ2) is 11.1. The van der Waals surface area contributed by atoms with Crippen molar-refractivity contribution in [3.05, 3.63) is 120 Å². The van der Waals surface area contributed by atoms with Crippen LogP contribution in [0.1, 0.15) is 43.9 Å². The van der Waals surface area contributed by atoms with Crippen molar-refractivity contribution in [3.8, 4) is 0 Å². The lowest BCUT2D eigenvalue weighted by Crippen LogP contribution is -2.50. The highest BCUT2D eigenvalue weighted by Crippen LogP contribution is 2.64. The summed E-state index contributed by atoms with van der Waals surface area (Å²) in [6, 6.07) is 30.2. The van der Waals surface area contributed by atoms with Gasteiger partial charge in [0.2, 0.25) is 5.52 Å². The summed E-state index contributed by atoms with van der Waals surface area (Å²) in [5, 5.41) is 0. The van der Waals surface area contributed by atoms with E-state index in [2.05, 4.69) is 43.0 Å². The third-order valence-corrected chi connectivity index (χ3v) is 9.80. The number of rotatable bonds is 9. The maximum absolute atomic E-state index is 15.1. The molecule has 1 aliphatic heterocycles. The lowest BCUT2D eigenvalue weighted by molar-refractivity contribution is -0.119. The van der Waals surface area contributed by atoms with Crippen LogP contribution in [0, 0.1) is 17.8 Å². The number of hydrogen-bond donors (Lipinski definition) is 0. The maximum Gasteiger partial charge on any atom is 0.339 e. The van der Waals surface area contributed by atoms with Crippen LogP contribution in [0.15, 0.2) is 104 Å². The van der Waals surface area contributed by atoms with E-state index >= 15 is 4.57 Å². The van der Waals surface area contributed by atoms with Gasteiger partial charge in [-0.05, 0) is 34.9 Å². The fourth-order valence-corrected chi connectivity index (χ4v) is 8.53. The Labute approximate surface area is 215 Å². The molecule has 0 unspecified atom stereocenters. The number of allylic oxidation sites excluding steroid dienone is 1. The Hall–Kier alpha value is -2.78. The monoisotopic (exact) mass is 501 g/mol. The molecule has 1 saturated heterocycles. The Morgan fingerprint density at radius 1 is 0.889 bits per heavy atom. The first-order chi connectivity index (χ1) is 17.4. The molecule has 0 spiro atoms. The number of carbonyl (C=O) groups excluding carboxylic acids is 1. The number of benzene rings is 3. The van der Waals surface area contributed by atoms with E-state index in [0.29, 0.717) is 19.6 Å². The molecule has 0 amide bonds. The van der Waals surface area contributed by atoms with Crippen molar-refractivity contribution >= 4 is 13.0 Å². The summed E-state index contributed by atoms with van der Waals surface area (Å²) >= 11 is 0. The molecular weight excluding hydrogens is 465 g/mol. The number of carbonyl (C=O) groups is 1. The smallest absolute Gasteiger partial charge is 0.312 e. The average molecular weight is 502 g/mol. The zero-order chi connectivity index (χ0) is 25.8. The van der Waals surface area contributed by atoms with Gasteiger partial charge in [0.25, 0.3) is 0 Å². The minimum atomic E-state index is -3.96. The molecule has 0 aromatic heterocycles. The SMILES string of the molecule is C=C[C@@H](C)[C@H](C(=O)[P@@]1(=O)OCCCN1C(c1ccccc1)(c1ccccc1)c1ccccc1)C(C)C. The molecular formula is C31H36NO3P. The molecule has 5 heteroatoms. The van der Waals surface area contributed by atoms with E-state index in [1.54, 1.807) is 6.08 Å². The van der Waals surface area contributed by atoms with E-state index in [0.717, 1.165) is 16.7 Å². The summed E-state index contributed by atoms with van der Waals surface area (Å²) in [7, 11) is -3.96. The van der Waals surface area contributed by atoms with Crippen LogP contribution in [-0.2, 0) is 19.4 Å².